The molecule has 0 spiro atoms. The lowest BCUT2D eigenvalue weighted by Crippen LogP contribution is -2.31. The van der Waals surface area contributed by atoms with Crippen LogP contribution in [0.2, 0.25) is 0 Å². The lowest BCUT2D eigenvalue weighted by molar-refractivity contribution is 0.0990. The van der Waals surface area contributed by atoms with Gasteiger partial charge in [-0.2, -0.15) is 0 Å². The van der Waals surface area contributed by atoms with Crippen molar-refractivity contribution in [1.29, 1.82) is 0 Å². The van der Waals surface area contributed by atoms with Crippen LogP contribution in [0.15, 0.2) is 88.3 Å². The molecule has 0 N–H and O–H groups in total. The topological polar surface area (TPSA) is 64.2 Å². The van der Waals surface area contributed by atoms with Crippen molar-refractivity contribution >= 4 is 33.7 Å². The molecular formula is C24H20N4O2S2. The second-order valence-corrected chi connectivity index (χ2v) is 8.95. The molecule has 0 aliphatic rings. The van der Waals surface area contributed by atoms with Gasteiger partial charge in [0.25, 0.3) is 5.91 Å². The highest BCUT2D eigenvalue weighted by Crippen LogP contribution is 2.31. The van der Waals surface area contributed by atoms with E-state index in [4.69, 9.17) is 9.51 Å². The molecule has 0 saturated heterocycles. The van der Waals surface area contributed by atoms with Gasteiger partial charge >= 0.3 is 0 Å². The molecule has 0 aliphatic heterocycles. The average molecular weight is 461 g/mol. The van der Waals surface area contributed by atoms with Crippen molar-refractivity contribution in [2.24, 2.45) is 0 Å². The van der Waals surface area contributed by atoms with Gasteiger partial charge in [-0.25, -0.2) is 4.98 Å². The summed E-state index contributed by atoms with van der Waals surface area (Å²) in [4.78, 5) is 20.4. The third-order valence-electron chi connectivity index (χ3n) is 5.00. The summed E-state index contributed by atoms with van der Waals surface area (Å²) in [6.45, 7) is 1.41. The Hall–Kier alpha value is -3.49. The zero-order valence-corrected chi connectivity index (χ0v) is 18.8. The molecule has 6 nitrogen and oxygen atoms in total. The van der Waals surface area contributed by atoms with Crippen molar-refractivity contribution in [2.75, 3.05) is 11.4 Å². The Morgan fingerprint density at radius 2 is 1.84 bits per heavy atom. The number of carbonyl (C=O) groups excluding carboxylic acids is 1. The molecule has 5 rings (SSSR count). The van der Waals surface area contributed by atoms with E-state index in [2.05, 4.69) is 9.72 Å². The van der Waals surface area contributed by atoms with Crippen LogP contribution in [-0.4, -0.2) is 27.2 Å². The summed E-state index contributed by atoms with van der Waals surface area (Å²) in [5, 5.41) is 8.66. The van der Waals surface area contributed by atoms with E-state index in [0.29, 0.717) is 28.0 Å². The molecule has 0 fully saturated rings. The Bertz CT molecular complexity index is 1270. The lowest BCUT2D eigenvalue weighted by Gasteiger charge is -2.19. The van der Waals surface area contributed by atoms with Gasteiger partial charge in [0.2, 0.25) is 0 Å². The Morgan fingerprint density at radius 1 is 1.00 bits per heavy atom. The number of rotatable bonds is 8. The van der Waals surface area contributed by atoms with Crippen molar-refractivity contribution in [3.63, 3.8) is 0 Å². The summed E-state index contributed by atoms with van der Waals surface area (Å²) >= 11 is 2.88. The number of hydrogen-bond donors (Lipinski definition) is 0. The largest absolute Gasteiger partial charge is 0.354 e. The quantitative estimate of drug-likeness (QED) is 0.282. The molecule has 0 atom stereocenters. The predicted octanol–water partition coefficient (Wildman–Crippen LogP) is 6.07. The Labute approximate surface area is 193 Å². The zero-order valence-electron chi connectivity index (χ0n) is 17.1. The summed E-state index contributed by atoms with van der Waals surface area (Å²) in [6.07, 6.45) is 4.88. The number of thiazole rings is 1. The van der Waals surface area contributed by atoms with Crippen LogP contribution < -0.4 is 4.90 Å². The zero-order chi connectivity index (χ0) is 21.8. The van der Waals surface area contributed by atoms with E-state index in [1.807, 2.05) is 83.8 Å². The molecule has 8 heteroatoms. The van der Waals surface area contributed by atoms with E-state index < -0.39 is 0 Å². The van der Waals surface area contributed by atoms with Gasteiger partial charge in [-0.1, -0.05) is 41.6 Å². The minimum Gasteiger partial charge on any atom is -0.354 e. The van der Waals surface area contributed by atoms with Crippen molar-refractivity contribution in [1.82, 2.24) is 14.7 Å². The molecule has 4 aromatic heterocycles. The number of carbonyl (C=O) groups is 1. The highest BCUT2D eigenvalue weighted by atomic mass is 32.1. The summed E-state index contributed by atoms with van der Waals surface area (Å²) in [7, 11) is 0. The standard InChI is InChI=1S/C24H20N4O2S2/c29-23(22-10-6-15-31-22)28(14-7-13-27-11-4-5-12-27)24-25-20(17-32-24)21-16-19(26-30-21)18-8-2-1-3-9-18/h1-6,8-12,15-17H,7,13-14H2. The number of amides is 1. The number of hydrogen-bond acceptors (Lipinski definition) is 6. The van der Waals surface area contributed by atoms with Gasteiger partial charge in [-0.05, 0) is 30.0 Å². The summed E-state index contributed by atoms with van der Waals surface area (Å²) < 4.78 is 7.66. The van der Waals surface area contributed by atoms with E-state index in [0.717, 1.165) is 24.2 Å². The minimum absolute atomic E-state index is 0.0315. The fourth-order valence-corrected chi connectivity index (χ4v) is 4.90. The normalized spacial score (nSPS) is 11.0. The van der Waals surface area contributed by atoms with Crippen LogP contribution in [0.25, 0.3) is 22.7 Å². The third kappa shape index (κ3) is 4.42. The van der Waals surface area contributed by atoms with Crippen molar-refractivity contribution < 1.29 is 9.32 Å². The molecule has 4 heterocycles. The van der Waals surface area contributed by atoms with Crippen LogP contribution in [0.5, 0.6) is 0 Å². The van der Waals surface area contributed by atoms with Crippen molar-refractivity contribution in [3.05, 3.63) is 88.7 Å². The molecule has 0 unspecified atom stereocenters. The number of anilines is 1. The van der Waals surface area contributed by atoms with Gasteiger partial charge in [0.1, 0.15) is 11.4 Å². The van der Waals surface area contributed by atoms with E-state index in [1.54, 1.807) is 4.90 Å². The third-order valence-corrected chi connectivity index (χ3v) is 6.72. The number of nitrogens with zero attached hydrogens (tertiary/aromatic N) is 4. The van der Waals surface area contributed by atoms with Crippen LogP contribution in [0.3, 0.4) is 0 Å². The van der Waals surface area contributed by atoms with Gasteiger partial charge < -0.3 is 9.09 Å². The van der Waals surface area contributed by atoms with E-state index in [1.165, 1.54) is 22.7 Å². The van der Waals surface area contributed by atoms with Crippen molar-refractivity contribution in [2.45, 2.75) is 13.0 Å². The molecule has 160 valence electrons. The van der Waals surface area contributed by atoms with Gasteiger partial charge in [-0.3, -0.25) is 9.69 Å². The minimum atomic E-state index is -0.0315. The summed E-state index contributed by atoms with van der Waals surface area (Å²) in [5.74, 6) is 0.554. The number of aryl methyl sites for hydroxylation is 1. The second-order valence-electron chi connectivity index (χ2n) is 7.17. The van der Waals surface area contributed by atoms with Gasteiger partial charge in [-0.15, -0.1) is 22.7 Å². The molecule has 1 aromatic carbocycles. The Balaban J connectivity index is 1.37. The van der Waals surface area contributed by atoms with E-state index in [-0.39, 0.29) is 5.91 Å². The summed E-state index contributed by atoms with van der Waals surface area (Å²) in [6, 6.07) is 19.5. The van der Waals surface area contributed by atoms with Crippen LogP contribution in [0.1, 0.15) is 16.1 Å². The lowest BCUT2D eigenvalue weighted by atomic mass is 10.1. The predicted molar refractivity (Wildman–Crippen MR) is 128 cm³/mol. The van der Waals surface area contributed by atoms with Crippen LogP contribution >= 0.6 is 22.7 Å². The van der Waals surface area contributed by atoms with E-state index in [9.17, 15) is 4.79 Å². The molecule has 0 bridgehead atoms. The van der Waals surface area contributed by atoms with Crippen LogP contribution in [-0.2, 0) is 6.54 Å². The smallest absolute Gasteiger partial charge is 0.270 e. The number of thiophene rings is 1. The first-order valence-electron chi connectivity index (χ1n) is 10.2. The maximum absolute atomic E-state index is 13.2. The Kier molecular flexibility index (Phi) is 5.96. The van der Waals surface area contributed by atoms with Crippen molar-refractivity contribution in [3.8, 4) is 22.7 Å². The number of aromatic nitrogens is 3. The maximum Gasteiger partial charge on any atom is 0.270 e. The highest BCUT2D eigenvalue weighted by molar-refractivity contribution is 7.14. The molecule has 0 aliphatic carbocycles. The molecule has 32 heavy (non-hydrogen) atoms. The van der Waals surface area contributed by atoms with Crippen LogP contribution in [0, 0.1) is 0 Å². The Morgan fingerprint density at radius 3 is 2.62 bits per heavy atom. The highest BCUT2D eigenvalue weighted by Gasteiger charge is 2.22. The maximum atomic E-state index is 13.2. The second kappa shape index (κ2) is 9.33. The first kappa shape index (κ1) is 20.4. The molecule has 0 saturated carbocycles. The van der Waals surface area contributed by atoms with Gasteiger partial charge in [0, 0.05) is 42.5 Å². The molecule has 5 aromatic rings. The van der Waals surface area contributed by atoms with Gasteiger partial charge in [0.15, 0.2) is 10.9 Å². The monoisotopic (exact) mass is 460 g/mol. The average Bonchev–Trinajstić information content (AvgIpc) is 3.64. The molecule has 1 amide bonds. The molecular weight excluding hydrogens is 440 g/mol. The fraction of sp³-hybridized carbons (Fsp3) is 0.125. The summed E-state index contributed by atoms with van der Waals surface area (Å²) in [5.41, 5.74) is 2.42. The first-order chi connectivity index (χ1) is 15.8. The van der Waals surface area contributed by atoms with Gasteiger partial charge in [0.05, 0.1) is 4.88 Å². The van der Waals surface area contributed by atoms with E-state index >= 15 is 0 Å². The number of benzene rings is 1. The molecule has 0 radical (unpaired) electrons. The first-order valence-corrected chi connectivity index (χ1v) is 12.0. The fourth-order valence-electron chi connectivity index (χ4n) is 3.39. The van der Waals surface area contributed by atoms with Crippen LogP contribution in [0.4, 0.5) is 5.13 Å². The SMILES string of the molecule is O=C(c1cccs1)N(CCCn1cccc1)c1nc(-c2cc(-c3ccccc3)no2)cs1.